The largest absolute Gasteiger partial charge is 0.355 e. The average Bonchev–Trinajstić information content (AvgIpc) is 2.68. The number of aromatic nitrogens is 2. The van der Waals surface area contributed by atoms with Crippen LogP contribution >= 0.6 is 15.9 Å². The molecule has 0 radical (unpaired) electrons. The van der Waals surface area contributed by atoms with Crippen LogP contribution in [0.15, 0.2) is 28.7 Å². The molecule has 0 atom stereocenters. The summed E-state index contributed by atoms with van der Waals surface area (Å²) in [7, 11) is 4.08. The topological polar surface area (TPSA) is 47.1 Å². The lowest BCUT2D eigenvalue weighted by Gasteiger charge is -2.21. The fourth-order valence-electron chi connectivity index (χ4n) is 2.54. The molecule has 0 amide bonds. The molecule has 1 heterocycles. The predicted molar refractivity (Wildman–Crippen MR) is 87.0 cm³/mol. The summed E-state index contributed by atoms with van der Waals surface area (Å²) in [5, 5.41) is 4.52. The number of nitrogens with zero attached hydrogens (tertiary/aromatic N) is 3. The van der Waals surface area contributed by atoms with Crippen molar-refractivity contribution in [2.24, 2.45) is 12.8 Å². The van der Waals surface area contributed by atoms with E-state index in [4.69, 9.17) is 5.73 Å². The summed E-state index contributed by atoms with van der Waals surface area (Å²) in [5.74, 6) is 1.15. The molecular formula is C15H21BrN4. The van der Waals surface area contributed by atoms with Gasteiger partial charge in [-0.2, -0.15) is 5.10 Å². The van der Waals surface area contributed by atoms with Crippen molar-refractivity contribution in [2.75, 3.05) is 18.5 Å². The van der Waals surface area contributed by atoms with E-state index in [1.807, 2.05) is 18.7 Å². The summed E-state index contributed by atoms with van der Waals surface area (Å²) in [6, 6.07) is 8.40. The van der Waals surface area contributed by atoms with E-state index >= 15 is 0 Å². The minimum absolute atomic E-state index is 0.645. The number of hydrogen-bond acceptors (Lipinski definition) is 3. The lowest BCUT2D eigenvalue weighted by Crippen LogP contribution is -2.21. The SMILES string of the molecule is Cc1nn(C)c(N(C)Cc2ccc(Br)cc2)c1CCN. The molecule has 0 fully saturated rings. The number of aryl methyl sites for hydroxylation is 2. The van der Waals surface area contributed by atoms with Gasteiger partial charge in [-0.1, -0.05) is 28.1 Å². The molecule has 2 rings (SSSR count). The normalized spacial score (nSPS) is 10.8. The zero-order valence-electron chi connectivity index (χ0n) is 12.2. The van der Waals surface area contributed by atoms with Crippen LogP contribution < -0.4 is 10.6 Å². The molecule has 0 aliphatic carbocycles. The second-order valence-electron chi connectivity index (χ2n) is 5.03. The van der Waals surface area contributed by atoms with E-state index in [2.05, 4.69) is 57.2 Å². The summed E-state index contributed by atoms with van der Waals surface area (Å²) >= 11 is 3.46. The van der Waals surface area contributed by atoms with Crippen LogP contribution in [-0.4, -0.2) is 23.4 Å². The molecule has 2 aromatic rings. The second kappa shape index (κ2) is 6.41. The van der Waals surface area contributed by atoms with Crippen molar-refractivity contribution in [3.8, 4) is 0 Å². The van der Waals surface area contributed by atoms with Crippen molar-refractivity contribution < 1.29 is 0 Å². The lowest BCUT2D eigenvalue weighted by molar-refractivity contribution is 0.725. The van der Waals surface area contributed by atoms with Crippen LogP contribution in [0.1, 0.15) is 16.8 Å². The van der Waals surface area contributed by atoms with E-state index in [-0.39, 0.29) is 0 Å². The highest BCUT2D eigenvalue weighted by atomic mass is 79.9. The first-order chi connectivity index (χ1) is 9.52. The second-order valence-corrected chi connectivity index (χ2v) is 5.95. The standard InChI is InChI=1S/C15H21BrN4/c1-11-14(8-9-17)15(20(3)18-11)19(2)10-12-4-6-13(16)7-5-12/h4-7H,8-10,17H2,1-3H3. The number of halogens is 1. The van der Waals surface area contributed by atoms with Crippen molar-refractivity contribution in [3.05, 3.63) is 45.6 Å². The van der Waals surface area contributed by atoms with Crippen molar-refractivity contribution in [1.82, 2.24) is 9.78 Å². The van der Waals surface area contributed by atoms with Gasteiger partial charge in [0.1, 0.15) is 5.82 Å². The van der Waals surface area contributed by atoms with Gasteiger partial charge in [-0.3, -0.25) is 4.68 Å². The van der Waals surface area contributed by atoms with Crippen LogP contribution in [0.3, 0.4) is 0 Å². The number of hydrogen-bond donors (Lipinski definition) is 1. The minimum atomic E-state index is 0.645. The molecule has 108 valence electrons. The van der Waals surface area contributed by atoms with Crippen LogP contribution in [0.5, 0.6) is 0 Å². The average molecular weight is 337 g/mol. The van der Waals surface area contributed by atoms with E-state index in [1.165, 1.54) is 11.1 Å². The molecule has 0 spiro atoms. The summed E-state index contributed by atoms with van der Waals surface area (Å²) in [6.07, 6.45) is 0.861. The molecule has 0 saturated heterocycles. The molecule has 0 saturated carbocycles. The monoisotopic (exact) mass is 336 g/mol. The van der Waals surface area contributed by atoms with E-state index in [9.17, 15) is 0 Å². The molecule has 0 aliphatic rings. The molecule has 2 N–H and O–H groups in total. The number of benzene rings is 1. The molecular weight excluding hydrogens is 316 g/mol. The lowest BCUT2D eigenvalue weighted by atomic mass is 10.1. The van der Waals surface area contributed by atoms with Gasteiger partial charge in [0.05, 0.1) is 5.69 Å². The Morgan fingerprint density at radius 1 is 1.30 bits per heavy atom. The van der Waals surface area contributed by atoms with Gasteiger partial charge in [-0.25, -0.2) is 0 Å². The molecule has 0 unspecified atom stereocenters. The fraction of sp³-hybridized carbons (Fsp3) is 0.400. The third-order valence-electron chi connectivity index (χ3n) is 3.40. The fourth-order valence-corrected chi connectivity index (χ4v) is 2.81. The Balaban J connectivity index is 2.24. The highest BCUT2D eigenvalue weighted by Crippen LogP contribution is 2.24. The molecule has 1 aromatic heterocycles. The van der Waals surface area contributed by atoms with Crippen LogP contribution in [0, 0.1) is 6.92 Å². The van der Waals surface area contributed by atoms with Crippen molar-refractivity contribution in [2.45, 2.75) is 19.9 Å². The van der Waals surface area contributed by atoms with E-state index in [0.29, 0.717) is 6.54 Å². The third-order valence-corrected chi connectivity index (χ3v) is 3.93. The Morgan fingerprint density at radius 2 is 1.95 bits per heavy atom. The minimum Gasteiger partial charge on any atom is -0.355 e. The third kappa shape index (κ3) is 3.22. The predicted octanol–water partition coefficient (Wildman–Crippen LogP) is 2.63. The summed E-state index contributed by atoms with van der Waals surface area (Å²) in [5.41, 5.74) is 9.30. The van der Waals surface area contributed by atoms with Gasteiger partial charge in [0, 0.05) is 30.7 Å². The summed E-state index contributed by atoms with van der Waals surface area (Å²) in [4.78, 5) is 2.23. The van der Waals surface area contributed by atoms with Crippen LogP contribution in [-0.2, 0) is 20.0 Å². The Labute approximate surface area is 128 Å². The zero-order valence-corrected chi connectivity index (χ0v) is 13.8. The maximum absolute atomic E-state index is 5.72. The number of anilines is 1. The maximum atomic E-state index is 5.72. The van der Waals surface area contributed by atoms with E-state index in [0.717, 1.165) is 29.0 Å². The Bertz CT molecular complexity index is 574. The molecule has 0 aliphatic heterocycles. The van der Waals surface area contributed by atoms with Crippen molar-refractivity contribution >= 4 is 21.7 Å². The number of nitrogens with two attached hydrogens (primary N) is 1. The Morgan fingerprint density at radius 3 is 2.55 bits per heavy atom. The first-order valence-corrected chi connectivity index (χ1v) is 7.50. The van der Waals surface area contributed by atoms with Gasteiger partial charge in [0.25, 0.3) is 0 Å². The van der Waals surface area contributed by atoms with Crippen LogP contribution in [0.2, 0.25) is 0 Å². The van der Waals surface area contributed by atoms with Crippen LogP contribution in [0.25, 0.3) is 0 Å². The highest BCUT2D eigenvalue weighted by Gasteiger charge is 2.16. The van der Waals surface area contributed by atoms with E-state index in [1.54, 1.807) is 0 Å². The molecule has 20 heavy (non-hydrogen) atoms. The summed E-state index contributed by atoms with van der Waals surface area (Å²) < 4.78 is 3.04. The van der Waals surface area contributed by atoms with Gasteiger partial charge in [-0.15, -0.1) is 0 Å². The zero-order chi connectivity index (χ0) is 14.7. The Kier molecular flexibility index (Phi) is 4.83. The van der Waals surface area contributed by atoms with Gasteiger partial charge in [-0.05, 0) is 37.6 Å². The maximum Gasteiger partial charge on any atom is 0.130 e. The first-order valence-electron chi connectivity index (χ1n) is 6.71. The molecule has 1 aromatic carbocycles. The Hall–Kier alpha value is -1.33. The first kappa shape index (κ1) is 15.1. The molecule has 0 bridgehead atoms. The van der Waals surface area contributed by atoms with E-state index < -0.39 is 0 Å². The van der Waals surface area contributed by atoms with Crippen molar-refractivity contribution in [1.29, 1.82) is 0 Å². The number of rotatable bonds is 5. The van der Waals surface area contributed by atoms with Crippen LogP contribution in [0.4, 0.5) is 5.82 Å². The van der Waals surface area contributed by atoms with Gasteiger partial charge in [0.2, 0.25) is 0 Å². The smallest absolute Gasteiger partial charge is 0.130 e. The highest BCUT2D eigenvalue weighted by molar-refractivity contribution is 9.10. The van der Waals surface area contributed by atoms with Crippen molar-refractivity contribution in [3.63, 3.8) is 0 Å². The quantitative estimate of drug-likeness (QED) is 0.912. The molecule has 5 heteroatoms. The molecule has 4 nitrogen and oxygen atoms in total. The van der Waals surface area contributed by atoms with Gasteiger partial charge >= 0.3 is 0 Å². The van der Waals surface area contributed by atoms with Gasteiger partial charge in [0.15, 0.2) is 0 Å². The van der Waals surface area contributed by atoms with Gasteiger partial charge < -0.3 is 10.6 Å². The summed E-state index contributed by atoms with van der Waals surface area (Å²) in [6.45, 7) is 3.54.